The molecule has 0 saturated carbocycles. The van der Waals surface area contributed by atoms with Gasteiger partial charge < -0.3 is 13.8 Å². The van der Waals surface area contributed by atoms with Gasteiger partial charge in [-0.15, -0.1) is 0 Å². The average molecular weight is 311 g/mol. The van der Waals surface area contributed by atoms with Gasteiger partial charge in [0.05, 0.1) is 6.54 Å². The molecule has 0 radical (unpaired) electrons. The maximum atomic E-state index is 12.8. The zero-order valence-electron chi connectivity index (χ0n) is 12.0. The number of benzene rings is 1. The van der Waals surface area contributed by atoms with E-state index in [1.54, 1.807) is 0 Å². The van der Waals surface area contributed by atoms with Crippen LogP contribution in [0, 0.1) is 0 Å². The molecule has 0 unspecified atom stereocenters. The van der Waals surface area contributed by atoms with Crippen LogP contribution in [0.2, 0.25) is 0 Å². The van der Waals surface area contributed by atoms with Crippen molar-refractivity contribution in [2.75, 3.05) is 20.8 Å². The van der Waals surface area contributed by atoms with Gasteiger partial charge in [0.25, 0.3) is 0 Å². The first-order valence-electron chi connectivity index (χ1n) is 6.40. The lowest BCUT2D eigenvalue weighted by Gasteiger charge is -2.28. The zero-order valence-corrected chi connectivity index (χ0v) is 12.9. The summed E-state index contributed by atoms with van der Waals surface area (Å²) in [4.78, 5) is 13.5. The van der Waals surface area contributed by atoms with Crippen LogP contribution in [-0.4, -0.2) is 31.8 Å². The highest BCUT2D eigenvalue weighted by atomic mass is 31.2. The standard InChI is InChI=1S/C14H18NO5P/c1-4-9-20-14(16)15-10-11-7-5-6-8-12(11)13(15)21(17,18-2)19-3/h4-8,13H,1,9-10H2,2-3H3/t13-/m1/s1. The lowest BCUT2D eigenvalue weighted by molar-refractivity contribution is 0.102. The molecule has 114 valence electrons. The Bertz CT molecular complexity index is 580. The van der Waals surface area contributed by atoms with Crippen molar-refractivity contribution in [1.29, 1.82) is 0 Å². The van der Waals surface area contributed by atoms with Crippen molar-refractivity contribution in [3.8, 4) is 0 Å². The molecule has 0 bridgehead atoms. The summed E-state index contributed by atoms with van der Waals surface area (Å²) in [6.07, 6.45) is 0.896. The van der Waals surface area contributed by atoms with Gasteiger partial charge in [-0.1, -0.05) is 36.9 Å². The maximum Gasteiger partial charge on any atom is 0.411 e. The minimum atomic E-state index is -3.50. The smallest absolute Gasteiger partial charge is 0.411 e. The summed E-state index contributed by atoms with van der Waals surface area (Å²) in [6, 6.07) is 7.36. The van der Waals surface area contributed by atoms with E-state index in [9.17, 15) is 9.36 Å². The minimum Gasteiger partial charge on any atom is -0.445 e. The molecule has 1 atom stereocenters. The average Bonchev–Trinajstić information content (AvgIpc) is 2.92. The number of nitrogens with zero attached hydrogens (tertiary/aromatic N) is 1. The molecule has 0 aliphatic carbocycles. The molecule has 1 aliphatic rings. The number of amides is 1. The van der Waals surface area contributed by atoms with E-state index in [4.69, 9.17) is 13.8 Å². The van der Waals surface area contributed by atoms with Crippen LogP contribution in [0.15, 0.2) is 36.9 Å². The van der Waals surface area contributed by atoms with Crippen LogP contribution in [0.5, 0.6) is 0 Å². The van der Waals surface area contributed by atoms with Crippen molar-refractivity contribution < 1.29 is 23.1 Å². The third kappa shape index (κ3) is 2.88. The predicted octanol–water partition coefficient (Wildman–Crippen LogP) is 3.31. The Balaban J connectivity index is 2.40. The van der Waals surface area contributed by atoms with Crippen molar-refractivity contribution in [2.24, 2.45) is 0 Å². The summed E-state index contributed by atoms with van der Waals surface area (Å²) in [6.45, 7) is 3.88. The van der Waals surface area contributed by atoms with Crippen molar-refractivity contribution in [2.45, 2.75) is 12.3 Å². The molecule has 0 aromatic heterocycles. The molecular weight excluding hydrogens is 293 g/mol. The molecule has 0 N–H and O–H groups in total. The highest BCUT2D eigenvalue weighted by Crippen LogP contribution is 2.64. The lowest BCUT2D eigenvalue weighted by atomic mass is 10.1. The summed E-state index contributed by atoms with van der Waals surface area (Å²) >= 11 is 0. The Morgan fingerprint density at radius 3 is 2.71 bits per heavy atom. The number of ether oxygens (including phenoxy) is 1. The van der Waals surface area contributed by atoms with E-state index in [-0.39, 0.29) is 6.61 Å². The van der Waals surface area contributed by atoms with Gasteiger partial charge in [-0.05, 0) is 11.1 Å². The number of carbonyl (C=O) groups excluding carboxylic acids is 1. The molecule has 6 nitrogen and oxygen atoms in total. The Kier molecular flexibility index (Phi) is 4.83. The SMILES string of the molecule is C=CCOC(=O)N1Cc2ccccc2[C@H]1P(=O)(OC)OC. The van der Waals surface area contributed by atoms with E-state index in [0.29, 0.717) is 6.54 Å². The second-order valence-electron chi connectivity index (χ2n) is 4.47. The van der Waals surface area contributed by atoms with Crippen molar-refractivity contribution >= 4 is 13.7 Å². The normalized spacial score (nSPS) is 17.4. The van der Waals surface area contributed by atoms with Gasteiger partial charge in [0.1, 0.15) is 6.61 Å². The number of carbonyl (C=O) groups is 1. The summed E-state index contributed by atoms with van der Waals surface area (Å²) < 4.78 is 28.0. The van der Waals surface area contributed by atoms with Gasteiger partial charge in [0.2, 0.25) is 0 Å². The summed E-state index contributed by atoms with van der Waals surface area (Å²) in [5.74, 6) is -0.805. The third-order valence-electron chi connectivity index (χ3n) is 3.34. The van der Waals surface area contributed by atoms with Crippen LogP contribution in [0.25, 0.3) is 0 Å². The second-order valence-corrected chi connectivity index (χ2v) is 6.77. The minimum absolute atomic E-state index is 0.0860. The van der Waals surface area contributed by atoms with Crippen LogP contribution >= 0.6 is 7.60 Å². The molecule has 1 aromatic rings. The van der Waals surface area contributed by atoms with E-state index < -0.39 is 19.5 Å². The van der Waals surface area contributed by atoms with Crippen molar-refractivity contribution in [3.63, 3.8) is 0 Å². The molecule has 7 heteroatoms. The van der Waals surface area contributed by atoms with E-state index in [1.165, 1.54) is 25.2 Å². The molecule has 1 aliphatic heterocycles. The molecule has 21 heavy (non-hydrogen) atoms. The third-order valence-corrected chi connectivity index (χ3v) is 5.51. The van der Waals surface area contributed by atoms with Gasteiger partial charge in [-0.3, -0.25) is 9.46 Å². The van der Waals surface area contributed by atoms with Gasteiger partial charge >= 0.3 is 13.7 Å². The molecular formula is C14H18NO5P. The first-order valence-corrected chi connectivity index (χ1v) is 8.02. The lowest BCUT2D eigenvalue weighted by Crippen LogP contribution is -2.30. The maximum absolute atomic E-state index is 12.8. The highest BCUT2D eigenvalue weighted by molar-refractivity contribution is 7.54. The van der Waals surface area contributed by atoms with Crippen LogP contribution in [0.4, 0.5) is 4.79 Å². The molecule has 0 saturated heterocycles. The fraction of sp³-hybridized carbons (Fsp3) is 0.357. The molecule has 1 heterocycles. The number of hydrogen-bond acceptors (Lipinski definition) is 5. The largest absolute Gasteiger partial charge is 0.445 e. The molecule has 2 rings (SSSR count). The first-order chi connectivity index (χ1) is 10.1. The highest BCUT2D eigenvalue weighted by Gasteiger charge is 2.47. The molecule has 0 fully saturated rings. The number of fused-ring (bicyclic) bond motifs is 1. The van der Waals surface area contributed by atoms with E-state index >= 15 is 0 Å². The quantitative estimate of drug-likeness (QED) is 0.616. The topological polar surface area (TPSA) is 65.1 Å². The van der Waals surface area contributed by atoms with Crippen LogP contribution in [0.1, 0.15) is 16.9 Å². The zero-order chi connectivity index (χ0) is 15.5. The Labute approximate surface area is 123 Å². The van der Waals surface area contributed by atoms with Crippen LogP contribution < -0.4 is 0 Å². The Hall–Kier alpha value is -1.62. The number of hydrogen-bond donors (Lipinski definition) is 0. The fourth-order valence-corrected chi connectivity index (χ4v) is 4.02. The monoisotopic (exact) mass is 311 g/mol. The van der Waals surface area contributed by atoms with Crippen molar-refractivity contribution in [3.05, 3.63) is 48.0 Å². The van der Waals surface area contributed by atoms with Crippen LogP contribution in [0.3, 0.4) is 0 Å². The first kappa shape index (κ1) is 15.8. The van der Waals surface area contributed by atoms with Gasteiger partial charge in [0, 0.05) is 14.2 Å². The van der Waals surface area contributed by atoms with Crippen molar-refractivity contribution in [1.82, 2.24) is 4.90 Å². The second kappa shape index (κ2) is 6.43. The van der Waals surface area contributed by atoms with Crippen LogP contribution in [-0.2, 0) is 24.9 Å². The van der Waals surface area contributed by atoms with Gasteiger partial charge in [-0.25, -0.2) is 4.79 Å². The number of rotatable bonds is 5. The van der Waals surface area contributed by atoms with E-state index in [1.807, 2.05) is 24.3 Å². The molecule has 1 amide bonds. The predicted molar refractivity (Wildman–Crippen MR) is 77.9 cm³/mol. The summed E-state index contributed by atoms with van der Waals surface area (Å²) in [5.41, 5.74) is 1.65. The summed E-state index contributed by atoms with van der Waals surface area (Å²) in [5, 5.41) is 0. The van der Waals surface area contributed by atoms with Gasteiger partial charge in [-0.2, -0.15) is 0 Å². The Morgan fingerprint density at radius 1 is 1.43 bits per heavy atom. The van der Waals surface area contributed by atoms with E-state index in [2.05, 4.69) is 6.58 Å². The molecule has 1 aromatic carbocycles. The Morgan fingerprint density at radius 2 is 2.10 bits per heavy atom. The van der Waals surface area contributed by atoms with E-state index in [0.717, 1.165) is 11.1 Å². The summed E-state index contributed by atoms with van der Waals surface area (Å²) in [7, 11) is -0.896. The van der Waals surface area contributed by atoms with Gasteiger partial charge in [0.15, 0.2) is 5.78 Å². The fourth-order valence-electron chi connectivity index (χ4n) is 2.36. The molecule has 0 spiro atoms.